The number of nitrogens with zero attached hydrogens (tertiary/aromatic N) is 2. The molecule has 1 atom stereocenters. The molecule has 1 aliphatic rings. The van der Waals surface area contributed by atoms with Crippen molar-refractivity contribution in [1.29, 1.82) is 0 Å². The number of aromatic nitrogens is 1. The van der Waals surface area contributed by atoms with Crippen LogP contribution in [0.3, 0.4) is 0 Å². The molecular weight excluding hydrogens is 232 g/mol. The smallest absolute Gasteiger partial charge is 0.335 e. The van der Waals surface area contributed by atoms with Crippen LogP contribution >= 0.6 is 0 Å². The van der Waals surface area contributed by atoms with E-state index < -0.39 is 5.97 Å². The van der Waals surface area contributed by atoms with Crippen LogP contribution < -0.4 is 4.90 Å². The van der Waals surface area contributed by atoms with E-state index in [0.29, 0.717) is 6.61 Å². The van der Waals surface area contributed by atoms with Crippen molar-refractivity contribution < 1.29 is 14.6 Å². The number of anilines is 1. The minimum absolute atomic E-state index is 0.221. The summed E-state index contributed by atoms with van der Waals surface area (Å²) in [5.41, 5.74) is 0.276. The van der Waals surface area contributed by atoms with Gasteiger partial charge in [-0.05, 0) is 31.9 Å². The summed E-state index contributed by atoms with van der Waals surface area (Å²) in [6.07, 6.45) is 3.87. The van der Waals surface area contributed by atoms with Gasteiger partial charge in [0, 0.05) is 25.9 Å². The minimum Gasteiger partial charge on any atom is -0.478 e. The van der Waals surface area contributed by atoms with Crippen LogP contribution in [0.4, 0.5) is 5.82 Å². The summed E-state index contributed by atoms with van der Waals surface area (Å²) in [5.74, 6) is -0.198. The van der Waals surface area contributed by atoms with Gasteiger partial charge in [0.1, 0.15) is 5.82 Å². The predicted octanol–water partition coefficient (Wildman–Crippen LogP) is 1.79. The number of carbonyl (C=O) groups is 1. The highest BCUT2D eigenvalue weighted by atomic mass is 16.5. The van der Waals surface area contributed by atoms with Crippen LogP contribution in [-0.2, 0) is 4.74 Å². The second-order valence-electron chi connectivity index (χ2n) is 4.37. The Kier molecular flexibility index (Phi) is 4.15. The Morgan fingerprint density at radius 2 is 2.50 bits per heavy atom. The van der Waals surface area contributed by atoms with Crippen molar-refractivity contribution in [3.8, 4) is 0 Å². The molecule has 2 heterocycles. The van der Waals surface area contributed by atoms with Crippen LogP contribution in [-0.4, -0.2) is 41.9 Å². The lowest BCUT2D eigenvalue weighted by Gasteiger charge is -2.33. The predicted molar refractivity (Wildman–Crippen MR) is 68.1 cm³/mol. The van der Waals surface area contributed by atoms with E-state index in [1.54, 1.807) is 12.3 Å². The average Bonchev–Trinajstić information content (AvgIpc) is 2.39. The normalized spacial score (nSPS) is 19.8. The zero-order valence-electron chi connectivity index (χ0n) is 10.5. The van der Waals surface area contributed by atoms with Crippen LogP contribution in [0, 0.1) is 0 Å². The second-order valence-corrected chi connectivity index (χ2v) is 4.37. The lowest BCUT2D eigenvalue weighted by molar-refractivity contribution is 0.0525. The summed E-state index contributed by atoms with van der Waals surface area (Å²) >= 11 is 0. The number of carboxylic acids is 1. The molecule has 1 aromatic heterocycles. The fourth-order valence-corrected chi connectivity index (χ4v) is 2.24. The first-order chi connectivity index (χ1) is 8.70. The quantitative estimate of drug-likeness (QED) is 0.882. The summed E-state index contributed by atoms with van der Waals surface area (Å²) < 4.78 is 5.63. The van der Waals surface area contributed by atoms with Crippen LogP contribution in [0.15, 0.2) is 18.3 Å². The molecule has 1 fully saturated rings. The first kappa shape index (κ1) is 12.8. The fourth-order valence-electron chi connectivity index (χ4n) is 2.24. The van der Waals surface area contributed by atoms with Gasteiger partial charge in [0.15, 0.2) is 0 Å². The van der Waals surface area contributed by atoms with Gasteiger partial charge in [-0.25, -0.2) is 9.78 Å². The van der Waals surface area contributed by atoms with Crippen LogP contribution in [0.5, 0.6) is 0 Å². The molecule has 0 spiro atoms. The SMILES string of the molecule is CCOC1CCCN(c2cc(C(=O)O)ccn2)C1. The van der Waals surface area contributed by atoms with Crippen molar-refractivity contribution in [3.63, 3.8) is 0 Å². The van der Waals surface area contributed by atoms with Crippen molar-refractivity contribution >= 4 is 11.8 Å². The number of pyridine rings is 1. The van der Waals surface area contributed by atoms with Gasteiger partial charge in [0.25, 0.3) is 0 Å². The molecule has 1 saturated heterocycles. The molecule has 18 heavy (non-hydrogen) atoms. The van der Waals surface area contributed by atoms with Crippen molar-refractivity contribution in [2.24, 2.45) is 0 Å². The summed E-state index contributed by atoms with van der Waals surface area (Å²) in [5, 5.41) is 8.97. The van der Waals surface area contributed by atoms with E-state index in [1.165, 1.54) is 6.07 Å². The van der Waals surface area contributed by atoms with E-state index in [-0.39, 0.29) is 11.7 Å². The lowest BCUT2D eigenvalue weighted by Crippen LogP contribution is -2.40. The Morgan fingerprint density at radius 1 is 1.67 bits per heavy atom. The van der Waals surface area contributed by atoms with Crippen LogP contribution in [0.2, 0.25) is 0 Å². The molecular formula is C13H18N2O3. The molecule has 0 saturated carbocycles. The van der Waals surface area contributed by atoms with E-state index in [9.17, 15) is 4.79 Å². The number of aromatic carboxylic acids is 1. The molecule has 5 heteroatoms. The molecule has 0 radical (unpaired) electrons. The van der Waals surface area contributed by atoms with E-state index in [1.807, 2.05) is 6.92 Å². The summed E-state index contributed by atoms with van der Waals surface area (Å²) in [6, 6.07) is 3.13. The van der Waals surface area contributed by atoms with Crippen LogP contribution in [0.25, 0.3) is 0 Å². The monoisotopic (exact) mass is 250 g/mol. The number of ether oxygens (including phenoxy) is 1. The van der Waals surface area contributed by atoms with Crippen LogP contribution in [0.1, 0.15) is 30.1 Å². The Balaban J connectivity index is 2.10. The number of carboxylic acid groups (broad SMARTS) is 1. The van der Waals surface area contributed by atoms with Gasteiger partial charge in [-0.1, -0.05) is 0 Å². The molecule has 0 amide bonds. The van der Waals surface area contributed by atoms with Crippen molar-refractivity contribution in [3.05, 3.63) is 23.9 Å². The zero-order chi connectivity index (χ0) is 13.0. The maximum absolute atomic E-state index is 10.9. The Bertz CT molecular complexity index is 420. The largest absolute Gasteiger partial charge is 0.478 e. The maximum atomic E-state index is 10.9. The van der Waals surface area contributed by atoms with Gasteiger partial charge in [0.2, 0.25) is 0 Å². The summed E-state index contributed by atoms with van der Waals surface area (Å²) in [4.78, 5) is 17.3. The van der Waals surface area contributed by atoms with E-state index in [4.69, 9.17) is 9.84 Å². The molecule has 98 valence electrons. The van der Waals surface area contributed by atoms with Gasteiger partial charge in [-0.15, -0.1) is 0 Å². The minimum atomic E-state index is -0.919. The van der Waals surface area contributed by atoms with Gasteiger partial charge in [-0.3, -0.25) is 0 Å². The third kappa shape index (κ3) is 2.98. The van der Waals surface area contributed by atoms with Crippen molar-refractivity contribution in [2.75, 3.05) is 24.6 Å². The standard InChI is InChI=1S/C13H18N2O3/c1-2-18-11-4-3-7-15(9-11)12-8-10(13(16)17)5-6-14-12/h5-6,8,11H,2-4,7,9H2,1H3,(H,16,17). The molecule has 0 aliphatic carbocycles. The fraction of sp³-hybridized carbons (Fsp3) is 0.538. The molecule has 1 N–H and O–H groups in total. The highest BCUT2D eigenvalue weighted by Gasteiger charge is 2.21. The summed E-state index contributed by atoms with van der Waals surface area (Å²) in [6.45, 7) is 4.38. The maximum Gasteiger partial charge on any atom is 0.335 e. The number of hydrogen-bond donors (Lipinski definition) is 1. The van der Waals surface area contributed by atoms with E-state index >= 15 is 0 Å². The first-order valence-corrected chi connectivity index (χ1v) is 6.26. The van der Waals surface area contributed by atoms with Gasteiger partial charge >= 0.3 is 5.97 Å². The molecule has 5 nitrogen and oxygen atoms in total. The zero-order valence-corrected chi connectivity index (χ0v) is 10.5. The van der Waals surface area contributed by atoms with E-state index in [0.717, 1.165) is 31.7 Å². The van der Waals surface area contributed by atoms with E-state index in [2.05, 4.69) is 9.88 Å². The highest BCUT2D eigenvalue weighted by Crippen LogP contribution is 2.20. The Labute approximate surface area is 106 Å². The second kappa shape index (κ2) is 5.82. The molecule has 1 aromatic rings. The number of rotatable bonds is 4. The summed E-state index contributed by atoms with van der Waals surface area (Å²) in [7, 11) is 0. The van der Waals surface area contributed by atoms with Crippen molar-refractivity contribution in [1.82, 2.24) is 4.98 Å². The molecule has 1 aliphatic heterocycles. The third-order valence-electron chi connectivity index (χ3n) is 3.10. The molecule has 0 aromatic carbocycles. The molecule has 1 unspecified atom stereocenters. The van der Waals surface area contributed by atoms with Gasteiger partial charge < -0.3 is 14.7 Å². The Morgan fingerprint density at radius 3 is 3.22 bits per heavy atom. The Hall–Kier alpha value is -1.62. The topological polar surface area (TPSA) is 62.7 Å². The first-order valence-electron chi connectivity index (χ1n) is 6.26. The lowest BCUT2D eigenvalue weighted by atomic mass is 10.1. The average molecular weight is 250 g/mol. The van der Waals surface area contributed by atoms with Gasteiger partial charge in [0.05, 0.1) is 11.7 Å². The van der Waals surface area contributed by atoms with Crippen molar-refractivity contribution in [2.45, 2.75) is 25.9 Å². The highest BCUT2D eigenvalue weighted by molar-refractivity contribution is 5.88. The molecule has 0 bridgehead atoms. The van der Waals surface area contributed by atoms with Gasteiger partial charge in [-0.2, -0.15) is 0 Å². The number of hydrogen-bond acceptors (Lipinski definition) is 4. The molecule has 2 rings (SSSR count). The number of piperidine rings is 1. The third-order valence-corrected chi connectivity index (χ3v) is 3.10.